The predicted molar refractivity (Wildman–Crippen MR) is 124 cm³/mol. The summed E-state index contributed by atoms with van der Waals surface area (Å²) in [7, 11) is 6.13. The fraction of sp³-hybridized carbons (Fsp3) is 0.737. The summed E-state index contributed by atoms with van der Waals surface area (Å²) in [5.41, 5.74) is 0. The van der Waals surface area contributed by atoms with Gasteiger partial charge in [-0.1, -0.05) is 19.3 Å². The number of halogens is 1. The molecular formula is C19H37IN4S. The van der Waals surface area contributed by atoms with Gasteiger partial charge >= 0.3 is 0 Å². The fourth-order valence-corrected chi connectivity index (χ4v) is 3.68. The van der Waals surface area contributed by atoms with Crippen LogP contribution in [0.25, 0.3) is 0 Å². The Kier molecular flexibility index (Phi) is 14.6. The molecule has 4 nitrogen and oxygen atoms in total. The smallest absolute Gasteiger partial charge is 0.191 e. The highest BCUT2D eigenvalue weighted by molar-refractivity contribution is 14.0. The standard InChI is InChI=1S/C19H36N4S.HI/c1-16(15-18-12-11-17(2)24-18)22-19(20-3)21-13-9-7-6-8-10-14-23(4)5;/h11-12,16H,6-10,13-15H2,1-5H3,(H2,20,21,22);1H. The van der Waals surface area contributed by atoms with Crippen LogP contribution in [0.3, 0.4) is 0 Å². The molecule has 1 atom stereocenters. The van der Waals surface area contributed by atoms with E-state index in [-0.39, 0.29) is 24.0 Å². The first-order valence-electron chi connectivity index (χ1n) is 9.18. The first-order chi connectivity index (χ1) is 11.5. The van der Waals surface area contributed by atoms with Crippen LogP contribution in [0, 0.1) is 6.92 Å². The monoisotopic (exact) mass is 480 g/mol. The average molecular weight is 481 g/mol. The molecule has 1 rings (SSSR count). The Hall–Kier alpha value is -0.340. The van der Waals surface area contributed by atoms with Crippen LogP contribution in [-0.2, 0) is 6.42 Å². The van der Waals surface area contributed by atoms with Crippen LogP contribution >= 0.6 is 35.3 Å². The van der Waals surface area contributed by atoms with Gasteiger partial charge in [-0.15, -0.1) is 35.3 Å². The number of guanidine groups is 1. The SMILES string of the molecule is CN=C(NCCCCCCCN(C)C)NC(C)Cc1ccc(C)s1.I. The quantitative estimate of drug-likeness (QED) is 0.215. The summed E-state index contributed by atoms with van der Waals surface area (Å²) in [5.74, 6) is 0.920. The van der Waals surface area contributed by atoms with E-state index in [1.165, 1.54) is 48.4 Å². The molecule has 0 amide bonds. The number of unbranched alkanes of at least 4 members (excludes halogenated alkanes) is 4. The molecular weight excluding hydrogens is 443 g/mol. The number of hydrogen-bond acceptors (Lipinski definition) is 3. The minimum Gasteiger partial charge on any atom is -0.356 e. The van der Waals surface area contributed by atoms with Crippen molar-refractivity contribution in [3.63, 3.8) is 0 Å². The van der Waals surface area contributed by atoms with Gasteiger partial charge in [0.1, 0.15) is 0 Å². The van der Waals surface area contributed by atoms with Crippen molar-refractivity contribution in [1.29, 1.82) is 0 Å². The van der Waals surface area contributed by atoms with Gasteiger partial charge in [-0.3, -0.25) is 4.99 Å². The van der Waals surface area contributed by atoms with Gasteiger partial charge in [0, 0.05) is 35.8 Å². The molecule has 25 heavy (non-hydrogen) atoms. The summed E-state index contributed by atoms with van der Waals surface area (Å²) in [6, 6.07) is 4.81. The molecule has 0 aliphatic carbocycles. The van der Waals surface area contributed by atoms with E-state index in [2.05, 4.69) is 60.6 Å². The highest BCUT2D eigenvalue weighted by atomic mass is 127. The molecule has 1 aromatic heterocycles. The first kappa shape index (κ1) is 24.7. The van der Waals surface area contributed by atoms with Crippen molar-refractivity contribution in [1.82, 2.24) is 15.5 Å². The van der Waals surface area contributed by atoms with E-state index in [9.17, 15) is 0 Å². The second-order valence-corrected chi connectivity index (χ2v) is 8.20. The van der Waals surface area contributed by atoms with Crippen molar-refractivity contribution >= 4 is 41.3 Å². The van der Waals surface area contributed by atoms with Crippen LogP contribution in [0.2, 0.25) is 0 Å². The van der Waals surface area contributed by atoms with Crippen molar-refractivity contribution in [3.05, 3.63) is 21.9 Å². The number of hydrogen-bond donors (Lipinski definition) is 2. The van der Waals surface area contributed by atoms with Crippen LogP contribution in [0.4, 0.5) is 0 Å². The van der Waals surface area contributed by atoms with Crippen LogP contribution in [0.5, 0.6) is 0 Å². The lowest BCUT2D eigenvalue weighted by Gasteiger charge is -2.17. The molecule has 6 heteroatoms. The number of nitrogens with zero attached hydrogens (tertiary/aromatic N) is 2. The molecule has 146 valence electrons. The second kappa shape index (κ2) is 14.8. The van der Waals surface area contributed by atoms with Crippen molar-refractivity contribution in [3.8, 4) is 0 Å². The number of thiophene rings is 1. The minimum absolute atomic E-state index is 0. The van der Waals surface area contributed by atoms with E-state index in [4.69, 9.17) is 0 Å². The van der Waals surface area contributed by atoms with Crippen molar-refractivity contribution in [2.45, 2.75) is 58.4 Å². The Morgan fingerprint density at radius 2 is 1.84 bits per heavy atom. The summed E-state index contributed by atoms with van der Waals surface area (Å²) in [6.07, 6.45) is 7.52. The van der Waals surface area contributed by atoms with E-state index in [0.717, 1.165) is 18.9 Å². The third-order valence-electron chi connectivity index (χ3n) is 3.98. The van der Waals surface area contributed by atoms with Crippen LogP contribution in [0.15, 0.2) is 17.1 Å². The topological polar surface area (TPSA) is 39.7 Å². The Bertz CT molecular complexity index is 474. The van der Waals surface area contributed by atoms with E-state index in [0.29, 0.717) is 6.04 Å². The van der Waals surface area contributed by atoms with Gasteiger partial charge in [0.25, 0.3) is 0 Å². The molecule has 0 bridgehead atoms. The maximum atomic E-state index is 4.33. The van der Waals surface area contributed by atoms with Gasteiger partial charge in [-0.2, -0.15) is 0 Å². The van der Waals surface area contributed by atoms with E-state index >= 15 is 0 Å². The minimum atomic E-state index is 0. The molecule has 1 heterocycles. The Balaban J connectivity index is 0.00000576. The van der Waals surface area contributed by atoms with Crippen molar-refractivity contribution in [2.24, 2.45) is 4.99 Å². The van der Waals surface area contributed by atoms with Crippen molar-refractivity contribution in [2.75, 3.05) is 34.2 Å². The number of rotatable bonds is 11. The maximum Gasteiger partial charge on any atom is 0.191 e. The van der Waals surface area contributed by atoms with Gasteiger partial charge in [0.05, 0.1) is 0 Å². The lowest BCUT2D eigenvalue weighted by atomic mass is 10.1. The van der Waals surface area contributed by atoms with E-state index in [1.807, 2.05) is 18.4 Å². The zero-order chi connectivity index (χ0) is 17.8. The first-order valence-corrected chi connectivity index (χ1v) is 10.00. The van der Waals surface area contributed by atoms with Crippen LogP contribution in [0.1, 0.15) is 48.8 Å². The molecule has 0 fully saturated rings. The van der Waals surface area contributed by atoms with Crippen molar-refractivity contribution < 1.29 is 0 Å². The summed E-state index contributed by atoms with van der Waals surface area (Å²) < 4.78 is 0. The van der Waals surface area contributed by atoms with Crippen LogP contribution in [-0.4, -0.2) is 51.1 Å². The van der Waals surface area contributed by atoms with Gasteiger partial charge in [-0.05, 0) is 59.5 Å². The molecule has 0 saturated heterocycles. The maximum absolute atomic E-state index is 4.33. The summed E-state index contributed by atoms with van der Waals surface area (Å²) >= 11 is 1.88. The van der Waals surface area contributed by atoms with E-state index in [1.54, 1.807) is 0 Å². The van der Waals surface area contributed by atoms with Gasteiger partial charge < -0.3 is 15.5 Å². The summed E-state index contributed by atoms with van der Waals surface area (Å²) in [5, 5.41) is 6.92. The molecule has 0 aliphatic rings. The van der Waals surface area contributed by atoms with Gasteiger partial charge in [0.15, 0.2) is 5.96 Å². The van der Waals surface area contributed by atoms with Gasteiger partial charge in [-0.25, -0.2) is 0 Å². The third-order valence-corrected chi connectivity index (χ3v) is 5.01. The van der Waals surface area contributed by atoms with Crippen LogP contribution < -0.4 is 10.6 Å². The molecule has 0 aromatic carbocycles. The molecule has 0 saturated carbocycles. The second-order valence-electron chi connectivity index (χ2n) is 6.83. The lowest BCUT2D eigenvalue weighted by molar-refractivity contribution is 0.389. The molecule has 2 N–H and O–H groups in total. The zero-order valence-electron chi connectivity index (χ0n) is 16.6. The molecule has 0 spiro atoms. The number of aryl methyl sites for hydroxylation is 1. The number of aliphatic imine (C=N–C) groups is 1. The third kappa shape index (κ3) is 12.6. The normalized spacial score (nSPS) is 12.8. The summed E-state index contributed by atoms with van der Waals surface area (Å²) in [4.78, 5) is 9.40. The molecule has 1 unspecified atom stereocenters. The predicted octanol–water partition coefficient (Wildman–Crippen LogP) is 4.28. The largest absolute Gasteiger partial charge is 0.356 e. The zero-order valence-corrected chi connectivity index (χ0v) is 19.7. The Labute approximate surface area is 175 Å². The highest BCUT2D eigenvalue weighted by Crippen LogP contribution is 2.16. The molecule has 1 aromatic rings. The molecule has 0 aliphatic heterocycles. The fourth-order valence-electron chi connectivity index (χ4n) is 2.67. The molecule has 0 radical (unpaired) electrons. The van der Waals surface area contributed by atoms with Gasteiger partial charge in [0.2, 0.25) is 0 Å². The highest BCUT2D eigenvalue weighted by Gasteiger charge is 2.07. The summed E-state index contributed by atoms with van der Waals surface area (Å²) in [6.45, 7) is 6.58. The Morgan fingerprint density at radius 1 is 1.16 bits per heavy atom. The number of nitrogens with one attached hydrogen (secondary N) is 2. The average Bonchev–Trinajstić information content (AvgIpc) is 2.93. The Morgan fingerprint density at radius 3 is 2.44 bits per heavy atom. The lowest BCUT2D eigenvalue weighted by Crippen LogP contribution is -2.43. The van der Waals surface area contributed by atoms with E-state index < -0.39 is 0 Å².